The Balaban J connectivity index is 1.35. The molecule has 0 unspecified atom stereocenters. The van der Waals surface area contributed by atoms with Gasteiger partial charge in [-0.2, -0.15) is 4.39 Å². The predicted molar refractivity (Wildman–Crippen MR) is 117 cm³/mol. The van der Waals surface area contributed by atoms with E-state index < -0.39 is 11.9 Å². The Labute approximate surface area is 183 Å². The van der Waals surface area contributed by atoms with Gasteiger partial charge in [0.1, 0.15) is 11.5 Å². The fourth-order valence-corrected chi connectivity index (χ4v) is 3.52. The van der Waals surface area contributed by atoms with Crippen LogP contribution in [0.25, 0.3) is 0 Å². The lowest BCUT2D eigenvalue weighted by molar-refractivity contribution is 0.0957. The normalized spacial score (nSPS) is 14.2. The Morgan fingerprint density at radius 1 is 1.12 bits per heavy atom. The number of carbonyl (C=O) groups excluding carboxylic acids is 1. The summed E-state index contributed by atoms with van der Waals surface area (Å²) in [5.41, 5.74) is 1.27. The van der Waals surface area contributed by atoms with Crippen molar-refractivity contribution < 1.29 is 9.18 Å². The van der Waals surface area contributed by atoms with Gasteiger partial charge in [0, 0.05) is 58.2 Å². The topological polar surface area (TPSA) is 119 Å². The van der Waals surface area contributed by atoms with E-state index in [0.717, 1.165) is 18.7 Å². The highest BCUT2D eigenvalue weighted by Gasteiger charge is 2.21. The number of halogens is 1. The van der Waals surface area contributed by atoms with Crippen LogP contribution in [0.2, 0.25) is 0 Å². The molecule has 0 aromatic carbocycles. The van der Waals surface area contributed by atoms with Gasteiger partial charge in [0.2, 0.25) is 11.9 Å². The number of hydrogen-bond acceptors (Lipinski definition) is 8. The quantitative estimate of drug-likeness (QED) is 0.490. The van der Waals surface area contributed by atoms with E-state index in [1.807, 2.05) is 17.0 Å². The first kappa shape index (κ1) is 21.4. The molecule has 1 saturated heterocycles. The first-order chi connectivity index (χ1) is 15.5. The van der Waals surface area contributed by atoms with E-state index in [-0.39, 0.29) is 11.3 Å². The minimum Gasteiger partial charge on any atom is -0.365 e. The number of carbonyl (C=O) groups is 1. The molecule has 166 valence electrons. The lowest BCUT2D eigenvalue weighted by Crippen LogP contribution is -2.46. The van der Waals surface area contributed by atoms with Crippen LogP contribution in [0.5, 0.6) is 0 Å². The number of nitrogens with one attached hydrogen (secondary N) is 3. The minimum absolute atomic E-state index is 0.0595. The third-order valence-corrected chi connectivity index (χ3v) is 5.15. The lowest BCUT2D eigenvalue weighted by atomic mass is 10.2. The van der Waals surface area contributed by atoms with Gasteiger partial charge in [-0.15, -0.1) is 0 Å². The molecule has 0 bridgehead atoms. The summed E-state index contributed by atoms with van der Waals surface area (Å²) in [5.74, 6) is -0.147. The van der Waals surface area contributed by atoms with Crippen molar-refractivity contribution in [3.8, 4) is 0 Å². The third-order valence-electron chi connectivity index (χ3n) is 5.15. The molecule has 0 atom stereocenters. The van der Waals surface area contributed by atoms with Gasteiger partial charge in [0.25, 0.3) is 11.5 Å². The summed E-state index contributed by atoms with van der Waals surface area (Å²) in [6, 6.07) is 8.31. The Kier molecular flexibility index (Phi) is 6.36. The molecule has 1 aliphatic heterocycles. The molecule has 4 heterocycles. The smallest absolute Gasteiger partial charge is 0.269 e. The Bertz CT molecular complexity index is 1160. The summed E-state index contributed by atoms with van der Waals surface area (Å²) in [7, 11) is 1.48. The second-order valence-corrected chi connectivity index (χ2v) is 7.31. The van der Waals surface area contributed by atoms with Crippen LogP contribution in [-0.2, 0) is 6.54 Å². The predicted octanol–water partition coefficient (Wildman–Crippen LogP) is 1.12. The van der Waals surface area contributed by atoms with Crippen LogP contribution < -0.4 is 21.1 Å². The van der Waals surface area contributed by atoms with Crippen LogP contribution in [0.15, 0.2) is 47.5 Å². The van der Waals surface area contributed by atoms with E-state index >= 15 is 0 Å². The third kappa shape index (κ3) is 5.06. The zero-order valence-corrected chi connectivity index (χ0v) is 17.5. The second-order valence-electron chi connectivity index (χ2n) is 7.31. The number of aromatic nitrogens is 4. The van der Waals surface area contributed by atoms with Gasteiger partial charge in [-0.05, 0) is 29.8 Å². The lowest BCUT2D eigenvalue weighted by Gasteiger charge is -2.36. The highest BCUT2D eigenvalue weighted by molar-refractivity contribution is 5.92. The number of hydrogen-bond donors (Lipinski definition) is 3. The number of rotatable bonds is 6. The molecule has 11 heteroatoms. The number of H-pyrrole nitrogens is 1. The van der Waals surface area contributed by atoms with E-state index in [1.54, 1.807) is 12.3 Å². The Hall–Kier alpha value is -3.86. The van der Waals surface area contributed by atoms with Gasteiger partial charge < -0.3 is 15.5 Å². The number of piperazine rings is 1. The van der Waals surface area contributed by atoms with Crippen molar-refractivity contribution in [3.63, 3.8) is 0 Å². The van der Waals surface area contributed by atoms with Crippen molar-refractivity contribution in [2.75, 3.05) is 43.4 Å². The molecule has 1 fully saturated rings. The van der Waals surface area contributed by atoms with E-state index in [9.17, 15) is 14.0 Å². The number of nitrogens with zero attached hydrogens (tertiary/aromatic N) is 5. The van der Waals surface area contributed by atoms with Crippen LogP contribution in [0.3, 0.4) is 0 Å². The first-order valence-corrected chi connectivity index (χ1v) is 10.1. The first-order valence-electron chi connectivity index (χ1n) is 10.1. The summed E-state index contributed by atoms with van der Waals surface area (Å²) < 4.78 is 14.4. The van der Waals surface area contributed by atoms with Crippen LogP contribution >= 0.6 is 0 Å². The molecular formula is C21H23FN8O2. The molecule has 1 amide bonds. The molecule has 0 radical (unpaired) electrons. The summed E-state index contributed by atoms with van der Waals surface area (Å²) in [6.45, 7) is 3.48. The molecular weight excluding hydrogens is 415 g/mol. The molecule has 0 spiro atoms. The summed E-state index contributed by atoms with van der Waals surface area (Å²) in [4.78, 5) is 41.9. The summed E-state index contributed by atoms with van der Waals surface area (Å²) in [6.07, 6.45) is 3.12. The maximum absolute atomic E-state index is 14.4. The number of pyridine rings is 2. The van der Waals surface area contributed by atoms with Crippen molar-refractivity contribution in [2.24, 2.45) is 0 Å². The van der Waals surface area contributed by atoms with E-state index in [0.29, 0.717) is 37.1 Å². The van der Waals surface area contributed by atoms with Crippen molar-refractivity contribution >= 4 is 23.4 Å². The van der Waals surface area contributed by atoms with Gasteiger partial charge in [-0.3, -0.25) is 19.5 Å². The van der Waals surface area contributed by atoms with Gasteiger partial charge in [-0.25, -0.2) is 15.0 Å². The van der Waals surface area contributed by atoms with E-state index in [2.05, 4.69) is 35.5 Å². The highest BCUT2D eigenvalue weighted by Crippen LogP contribution is 2.21. The molecule has 4 rings (SSSR count). The van der Waals surface area contributed by atoms with Gasteiger partial charge in [0.15, 0.2) is 0 Å². The maximum Gasteiger partial charge on any atom is 0.269 e. The molecule has 3 aromatic heterocycles. The molecule has 32 heavy (non-hydrogen) atoms. The largest absolute Gasteiger partial charge is 0.365 e. The van der Waals surface area contributed by atoms with Crippen LogP contribution in [0.4, 0.5) is 21.8 Å². The molecule has 10 nitrogen and oxygen atoms in total. The molecule has 0 saturated carbocycles. The molecule has 3 aromatic rings. The monoisotopic (exact) mass is 438 g/mol. The molecule has 0 aliphatic carbocycles. The van der Waals surface area contributed by atoms with E-state index in [1.165, 1.54) is 25.4 Å². The fraction of sp³-hybridized carbons (Fsp3) is 0.286. The van der Waals surface area contributed by atoms with Gasteiger partial charge >= 0.3 is 0 Å². The van der Waals surface area contributed by atoms with Crippen LogP contribution in [-0.4, -0.2) is 64.0 Å². The maximum atomic E-state index is 14.4. The number of aromatic amines is 1. The van der Waals surface area contributed by atoms with Crippen molar-refractivity contribution in [3.05, 3.63) is 70.3 Å². The SMILES string of the molecule is CNC(=O)c1ccc(N2CCN(Cc3ccnc(Nc4nccc(=O)[nH]4)c3)CC2)c(F)n1. The number of amides is 1. The minimum atomic E-state index is -0.642. The van der Waals surface area contributed by atoms with Gasteiger partial charge in [0.05, 0.1) is 5.69 Å². The number of anilines is 3. The van der Waals surface area contributed by atoms with Crippen LogP contribution in [0.1, 0.15) is 16.1 Å². The fourth-order valence-electron chi connectivity index (χ4n) is 3.52. The van der Waals surface area contributed by atoms with Crippen molar-refractivity contribution in [1.82, 2.24) is 30.2 Å². The molecule has 3 N–H and O–H groups in total. The van der Waals surface area contributed by atoms with E-state index in [4.69, 9.17) is 0 Å². The zero-order chi connectivity index (χ0) is 22.5. The Morgan fingerprint density at radius 3 is 2.62 bits per heavy atom. The summed E-state index contributed by atoms with van der Waals surface area (Å²) in [5, 5.41) is 5.43. The standard InChI is InChI=1S/C21H23FN8O2/c1-23-20(32)15-2-3-16(19(22)26-15)30-10-8-29(9-11-30)13-14-4-6-24-17(12-14)27-21-25-7-5-18(31)28-21/h2-7,12H,8-11,13H2,1H3,(H,23,32)(H2,24,25,27,28,31). The van der Waals surface area contributed by atoms with Crippen molar-refractivity contribution in [2.45, 2.75) is 6.54 Å². The summed E-state index contributed by atoms with van der Waals surface area (Å²) >= 11 is 0. The van der Waals surface area contributed by atoms with Crippen LogP contribution in [0, 0.1) is 5.95 Å². The van der Waals surface area contributed by atoms with Crippen molar-refractivity contribution in [1.29, 1.82) is 0 Å². The average Bonchev–Trinajstić information content (AvgIpc) is 2.79. The molecule has 1 aliphatic rings. The van der Waals surface area contributed by atoms with Gasteiger partial charge in [-0.1, -0.05) is 0 Å². The second kappa shape index (κ2) is 9.52. The average molecular weight is 438 g/mol. The zero-order valence-electron chi connectivity index (χ0n) is 17.5. The Morgan fingerprint density at radius 2 is 1.91 bits per heavy atom. The highest BCUT2D eigenvalue weighted by atomic mass is 19.1.